The molecule has 0 aromatic carbocycles. The first-order valence-corrected chi connectivity index (χ1v) is 12.8. The summed E-state index contributed by atoms with van der Waals surface area (Å²) in [6.07, 6.45) is 2.05. The van der Waals surface area contributed by atoms with Crippen LogP contribution < -0.4 is 5.69 Å². The zero-order chi connectivity index (χ0) is 22.3. The van der Waals surface area contributed by atoms with Gasteiger partial charge in [-0.2, -0.15) is 10.1 Å². The van der Waals surface area contributed by atoms with E-state index in [1.807, 2.05) is 6.92 Å². The average molecular weight is 438 g/mol. The quantitative estimate of drug-likeness (QED) is 0.675. The Kier molecular flexibility index (Phi) is 6.30. The number of nitrogens with zero attached hydrogens (tertiary/aromatic N) is 5. The van der Waals surface area contributed by atoms with E-state index >= 15 is 0 Å². The van der Waals surface area contributed by atoms with E-state index in [0.29, 0.717) is 11.4 Å². The summed E-state index contributed by atoms with van der Waals surface area (Å²) in [6, 6.07) is 0. The second kappa shape index (κ2) is 8.31. The lowest BCUT2D eigenvalue weighted by Crippen LogP contribution is -2.50. The van der Waals surface area contributed by atoms with Gasteiger partial charge in [0.05, 0.1) is 6.61 Å². The number of aliphatic hydroxyl groups is 1. The third-order valence-electron chi connectivity index (χ3n) is 5.99. The molecule has 166 valence electrons. The van der Waals surface area contributed by atoms with Gasteiger partial charge in [-0.1, -0.05) is 20.8 Å². The number of methoxy groups -OCH3 is 1. The zero-order valence-corrected chi connectivity index (χ0v) is 19.6. The van der Waals surface area contributed by atoms with Crippen LogP contribution in [0.25, 0.3) is 5.82 Å². The summed E-state index contributed by atoms with van der Waals surface area (Å²) >= 11 is 0. The molecule has 2 aromatic heterocycles. The van der Waals surface area contributed by atoms with Gasteiger partial charge in [-0.3, -0.25) is 4.57 Å². The maximum Gasteiger partial charge on any atom is 0.351 e. The van der Waals surface area contributed by atoms with E-state index in [4.69, 9.17) is 13.9 Å². The van der Waals surface area contributed by atoms with Crippen LogP contribution >= 0.6 is 0 Å². The number of ether oxygens (including phenoxy) is 2. The van der Waals surface area contributed by atoms with Crippen LogP contribution in [0.2, 0.25) is 18.1 Å². The monoisotopic (exact) mass is 437 g/mol. The van der Waals surface area contributed by atoms with Gasteiger partial charge in [0.1, 0.15) is 31.0 Å². The Morgan fingerprint density at radius 3 is 2.53 bits per heavy atom. The number of hydrogen-bond acceptors (Lipinski definition) is 8. The number of aliphatic hydroxyl groups excluding tert-OH is 1. The van der Waals surface area contributed by atoms with Crippen molar-refractivity contribution in [3.63, 3.8) is 0 Å². The Morgan fingerprint density at radius 1 is 1.30 bits per heavy atom. The van der Waals surface area contributed by atoms with Gasteiger partial charge in [-0.25, -0.2) is 14.5 Å². The Morgan fingerprint density at radius 2 is 2.00 bits per heavy atom. The lowest BCUT2D eigenvalue weighted by atomic mass is 10.1. The molecule has 0 aliphatic carbocycles. The molecule has 3 rings (SSSR count). The molecular weight excluding hydrogens is 406 g/mol. The van der Waals surface area contributed by atoms with Crippen molar-refractivity contribution in [1.29, 1.82) is 0 Å². The van der Waals surface area contributed by atoms with Gasteiger partial charge in [0.15, 0.2) is 20.4 Å². The smallest absolute Gasteiger partial charge is 0.351 e. The second-order valence-electron chi connectivity index (χ2n) is 9.07. The summed E-state index contributed by atoms with van der Waals surface area (Å²) in [7, 11) is -0.626. The van der Waals surface area contributed by atoms with Crippen molar-refractivity contribution in [3.05, 3.63) is 34.9 Å². The molecule has 10 nitrogen and oxygen atoms in total. The Labute approximate surface area is 177 Å². The standard InChI is InChI=1S/C19H31N5O5Si/c1-12-8-23(18(26)22-16(12)24-11-20-10-21-24)17-15(27-5)14(13(9-25)28-17)29-30(6,7)19(2,3)4/h8,10-11,13-15,17,25H,9H2,1-7H3/t13-,14?,15+,17-/m1/s1. The van der Waals surface area contributed by atoms with Crippen LogP contribution in [0.3, 0.4) is 0 Å². The fraction of sp³-hybridized carbons (Fsp3) is 0.684. The summed E-state index contributed by atoms with van der Waals surface area (Å²) in [5.41, 5.74) is 0.204. The molecule has 0 saturated carbocycles. The van der Waals surface area contributed by atoms with Crippen molar-refractivity contribution in [3.8, 4) is 5.82 Å². The van der Waals surface area contributed by atoms with Crippen molar-refractivity contribution < 1.29 is 19.0 Å². The molecule has 2 aromatic rings. The van der Waals surface area contributed by atoms with Gasteiger partial charge in [0.2, 0.25) is 0 Å². The molecule has 1 aliphatic heterocycles. The molecule has 3 heterocycles. The molecular formula is C19H31N5O5Si. The zero-order valence-electron chi connectivity index (χ0n) is 18.6. The number of rotatable bonds is 6. The average Bonchev–Trinajstić information content (AvgIpc) is 3.30. The second-order valence-corrected chi connectivity index (χ2v) is 13.8. The number of aromatic nitrogens is 5. The first-order valence-electron chi connectivity index (χ1n) is 9.92. The minimum absolute atomic E-state index is 0.0299. The third-order valence-corrected chi connectivity index (χ3v) is 10.5. The van der Waals surface area contributed by atoms with Gasteiger partial charge in [0.25, 0.3) is 0 Å². The SMILES string of the molecule is CO[C@H]1C(O[Si](C)(C)C(C)(C)C)[C@@H](CO)O[C@H]1n1cc(C)c(-n2cncn2)nc1=O. The van der Waals surface area contributed by atoms with Crippen LogP contribution in [0.5, 0.6) is 0 Å². The van der Waals surface area contributed by atoms with Crippen molar-refractivity contribution in [2.75, 3.05) is 13.7 Å². The third kappa shape index (κ3) is 4.12. The normalized spacial score (nSPS) is 25.1. The summed E-state index contributed by atoms with van der Waals surface area (Å²) in [4.78, 5) is 20.9. The summed E-state index contributed by atoms with van der Waals surface area (Å²) in [5.74, 6) is 0.397. The molecule has 0 radical (unpaired) electrons. The van der Waals surface area contributed by atoms with E-state index in [2.05, 4.69) is 48.9 Å². The summed E-state index contributed by atoms with van der Waals surface area (Å²) in [5, 5.41) is 13.9. The van der Waals surface area contributed by atoms with E-state index in [1.54, 1.807) is 13.3 Å². The fourth-order valence-electron chi connectivity index (χ4n) is 3.28. The molecule has 1 N–H and O–H groups in total. The number of hydrogen-bond donors (Lipinski definition) is 1. The molecule has 30 heavy (non-hydrogen) atoms. The highest BCUT2D eigenvalue weighted by Crippen LogP contribution is 2.41. The molecule has 0 spiro atoms. The maximum atomic E-state index is 12.8. The van der Waals surface area contributed by atoms with E-state index in [0.717, 1.165) is 0 Å². The van der Waals surface area contributed by atoms with Gasteiger partial charge >= 0.3 is 5.69 Å². The highest BCUT2D eigenvalue weighted by Gasteiger charge is 2.51. The molecule has 4 atom stereocenters. The van der Waals surface area contributed by atoms with Crippen molar-refractivity contribution >= 4 is 8.32 Å². The lowest BCUT2D eigenvalue weighted by Gasteiger charge is -2.40. The first-order chi connectivity index (χ1) is 14.0. The molecule has 1 saturated heterocycles. The van der Waals surface area contributed by atoms with E-state index in [1.165, 1.54) is 21.9 Å². The Hall–Kier alpha value is -1.92. The van der Waals surface area contributed by atoms with Crippen LogP contribution in [0.15, 0.2) is 23.6 Å². The van der Waals surface area contributed by atoms with Crippen LogP contribution in [0.4, 0.5) is 0 Å². The van der Waals surface area contributed by atoms with Crippen LogP contribution in [-0.4, -0.2) is 69.8 Å². The highest BCUT2D eigenvalue weighted by atomic mass is 28.4. The van der Waals surface area contributed by atoms with Gasteiger partial charge in [-0.05, 0) is 25.1 Å². The Bertz CT molecular complexity index is 924. The van der Waals surface area contributed by atoms with Crippen LogP contribution in [-0.2, 0) is 13.9 Å². The van der Waals surface area contributed by atoms with E-state index in [9.17, 15) is 9.90 Å². The van der Waals surface area contributed by atoms with Crippen LogP contribution in [0.1, 0.15) is 32.6 Å². The Balaban J connectivity index is 1.97. The molecule has 0 amide bonds. The predicted octanol–water partition coefficient (Wildman–Crippen LogP) is 1.43. The minimum atomic E-state index is -2.18. The molecule has 0 bridgehead atoms. The van der Waals surface area contributed by atoms with Gasteiger partial charge in [0, 0.05) is 18.9 Å². The van der Waals surface area contributed by atoms with Crippen molar-refractivity contribution in [2.24, 2.45) is 0 Å². The highest BCUT2D eigenvalue weighted by molar-refractivity contribution is 6.74. The molecule has 1 aliphatic rings. The largest absolute Gasteiger partial charge is 0.408 e. The topological polar surface area (TPSA) is 114 Å². The molecule has 1 fully saturated rings. The minimum Gasteiger partial charge on any atom is -0.408 e. The fourth-order valence-corrected chi connectivity index (χ4v) is 4.60. The van der Waals surface area contributed by atoms with Gasteiger partial charge < -0.3 is 19.0 Å². The molecule has 1 unspecified atom stereocenters. The lowest BCUT2D eigenvalue weighted by molar-refractivity contribution is -0.0625. The first kappa shape index (κ1) is 22.8. The van der Waals surface area contributed by atoms with E-state index < -0.39 is 38.5 Å². The number of aryl methyl sites for hydroxylation is 1. The van der Waals surface area contributed by atoms with Gasteiger partial charge in [-0.15, -0.1) is 0 Å². The summed E-state index contributed by atoms with van der Waals surface area (Å²) in [6.45, 7) is 12.3. The van der Waals surface area contributed by atoms with E-state index in [-0.39, 0.29) is 11.6 Å². The molecule has 11 heteroatoms. The summed E-state index contributed by atoms with van der Waals surface area (Å²) < 4.78 is 21.1. The maximum absolute atomic E-state index is 12.8. The predicted molar refractivity (Wildman–Crippen MR) is 112 cm³/mol. The van der Waals surface area contributed by atoms with Crippen LogP contribution in [0, 0.1) is 6.92 Å². The van der Waals surface area contributed by atoms with Crippen molar-refractivity contribution in [1.82, 2.24) is 24.3 Å². The van der Waals surface area contributed by atoms with Crippen molar-refractivity contribution in [2.45, 2.75) is 70.4 Å².